The van der Waals surface area contributed by atoms with E-state index in [1.54, 1.807) is 6.33 Å². The maximum atomic E-state index is 5.70. The van der Waals surface area contributed by atoms with Gasteiger partial charge in [0, 0.05) is 19.5 Å². The molecule has 5 heteroatoms. The fourth-order valence-electron chi connectivity index (χ4n) is 1.91. The standard InChI is InChI=1S/C14H20N4O/c1-15-12(10-14-16-11-17-18(14)2)8-9-19-13-6-4-3-5-7-13/h3-7,11-12,15H,8-10H2,1-2H3. The number of hydrogen-bond acceptors (Lipinski definition) is 4. The zero-order valence-corrected chi connectivity index (χ0v) is 11.4. The average molecular weight is 260 g/mol. The van der Waals surface area contributed by atoms with Gasteiger partial charge in [-0.2, -0.15) is 5.10 Å². The molecule has 0 aliphatic rings. The number of benzene rings is 1. The summed E-state index contributed by atoms with van der Waals surface area (Å²) in [5.41, 5.74) is 0. The van der Waals surface area contributed by atoms with Crippen LogP contribution in [0.2, 0.25) is 0 Å². The summed E-state index contributed by atoms with van der Waals surface area (Å²) < 4.78 is 7.51. The molecule has 0 radical (unpaired) electrons. The van der Waals surface area contributed by atoms with Crippen molar-refractivity contribution in [3.05, 3.63) is 42.5 Å². The number of rotatable bonds is 7. The molecule has 1 atom stereocenters. The van der Waals surface area contributed by atoms with Gasteiger partial charge in [-0.05, 0) is 25.6 Å². The van der Waals surface area contributed by atoms with Gasteiger partial charge < -0.3 is 10.1 Å². The molecule has 2 rings (SSSR count). The number of likely N-dealkylation sites (N-methyl/N-ethyl adjacent to an activating group) is 1. The Labute approximate surface area is 113 Å². The second-order valence-electron chi connectivity index (χ2n) is 4.44. The molecule has 19 heavy (non-hydrogen) atoms. The monoisotopic (exact) mass is 260 g/mol. The van der Waals surface area contributed by atoms with Crippen molar-refractivity contribution in [3.8, 4) is 5.75 Å². The predicted molar refractivity (Wildman–Crippen MR) is 74.1 cm³/mol. The van der Waals surface area contributed by atoms with E-state index in [0.717, 1.165) is 24.4 Å². The lowest BCUT2D eigenvalue weighted by Gasteiger charge is -2.16. The summed E-state index contributed by atoms with van der Waals surface area (Å²) >= 11 is 0. The highest BCUT2D eigenvalue weighted by Gasteiger charge is 2.11. The Kier molecular flexibility index (Phi) is 4.92. The third-order valence-corrected chi connectivity index (χ3v) is 3.12. The third-order valence-electron chi connectivity index (χ3n) is 3.12. The minimum atomic E-state index is 0.339. The first-order valence-electron chi connectivity index (χ1n) is 6.47. The van der Waals surface area contributed by atoms with Crippen molar-refractivity contribution in [1.82, 2.24) is 20.1 Å². The van der Waals surface area contributed by atoms with E-state index in [4.69, 9.17) is 4.74 Å². The summed E-state index contributed by atoms with van der Waals surface area (Å²) in [4.78, 5) is 4.24. The van der Waals surface area contributed by atoms with Crippen LogP contribution in [0.1, 0.15) is 12.2 Å². The van der Waals surface area contributed by atoms with Crippen LogP contribution in [0.5, 0.6) is 5.75 Å². The van der Waals surface area contributed by atoms with Gasteiger partial charge >= 0.3 is 0 Å². The summed E-state index contributed by atoms with van der Waals surface area (Å²) in [6, 6.07) is 10.2. The predicted octanol–water partition coefficient (Wildman–Crippen LogP) is 1.41. The molecule has 0 fully saturated rings. The molecule has 0 saturated heterocycles. The van der Waals surface area contributed by atoms with Crippen molar-refractivity contribution < 1.29 is 4.74 Å². The van der Waals surface area contributed by atoms with E-state index in [1.165, 1.54) is 0 Å². The third kappa shape index (κ3) is 4.06. The normalized spacial score (nSPS) is 12.3. The fraction of sp³-hybridized carbons (Fsp3) is 0.429. The molecular weight excluding hydrogens is 240 g/mol. The second kappa shape index (κ2) is 6.89. The first-order chi connectivity index (χ1) is 9.29. The molecule has 1 unspecified atom stereocenters. The van der Waals surface area contributed by atoms with E-state index < -0.39 is 0 Å². The molecular formula is C14H20N4O. The van der Waals surface area contributed by atoms with Crippen LogP contribution < -0.4 is 10.1 Å². The highest BCUT2D eigenvalue weighted by atomic mass is 16.5. The molecule has 1 heterocycles. The van der Waals surface area contributed by atoms with Gasteiger partial charge in [-0.25, -0.2) is 4.98 Å². The van der Waals surface area contributed by atoms with Gasteiger partial charge in [0.2, 0.25) is 0 Å². The molecule has 0 aliphatic carbocycles. The number of nitrogens with one attached hydrogen (secondary N) is 1. The van der Waals surface area contributed by atoms with Gasteiger partial charge in [0.15, 0.2) is 0 Å². The molecule has 0 spiro atoms. The topological polar surface area (TPSA) is 52.0 Å². The van der Waals surface area contributed by atoms with Crippen LogP contribution in [0.15, 0.2) is 36.7 Å². The van der Waals surface area contributed by atoms with Crippen molar-refractivity contribution in [2.24, 2.45) is 7.05 Å². The Bertz CT molecular complexity index is 483. The average Bonchev–Trinajstić information content (AvgIpc) is 2.84. The Hall–Kier alpha value is -1.88. The number of hydrogen-bond donors (Lipinski definition) is 1. The van der Waals surface area contributed by atoms with Gasteiger partial charge in [-0.15, -0.1) is 0 Å². The van der Waals surface area contributed by atoms with Crippen LogP contribution in [0.4, 0.5) is 0 Å². The molecule has 5 nitrogen and oxygen atoms in total. The van der Waals surface area contributed by atoms with Crippen molar-refractivity contribution in [2.45, 2.75) is 18.9 Å². The molecule has 0 amide bonds. The number of nitrogens with zero attached hydrogens (tertiary/aromatic N) is 3. The van der Waals surface area contributed by atoms with Gasteiger partial charge in [0.1, 0.15) is 17.9 Å². The zero-order chi connectivity index (χ0) is 13.5. The van der Waals surface area contributed by atoms with E-state index in [0.29, 0.717) is 12.6 Å². The van der Waals surface area contributed by atoms with E-state index in [2.05, 4.69) is 15.4 Å². The number of aryl methyl sites for hydroxylation is 1. The summed E-state index contributed by atoms with van der Waals surface area (Å²) in [5.74, 6) is 1.90. The zero-order valence-electron chi connectivity index (χ0n) is 11.4. The minimum Gasteiger partial charge on any atom is -0.494 e. The van der Waals surface area contributed by atoms with Crippen molar-refractivity contribution in [1.29, 1.82) is 0 Å². The van der Waals surface area contributed by atoms with E-state index in [9.17, 15) is 0 Å². The molecule has 0 bridgehead atoms. The van der Waals surface area contributed by atoms with Gasteiger partial charge in [-0.3, -0.25) is 4.68 Å². The molecule has 0 saturated carbocycles. The first kappa shape index (κ1) is 13.5. The number of aromatic nitrogens is 3. The lowest BCUT2D eigenvalue weighted by molar-refractivity contribution is 0.287. The lowest BCUT2D eigenvalue weighted by atomic mass is 10.1. The van der Waals surface area contributed by atoms with Crippen molar-refractivity contribution in [2.75, 3.05) is 13.7 Å². The molecule has 1 aromatic carbocycles. The second-order valence-corrected chi connectivity index (χ2v) is 4.44. The van der Waals surface area contributed by atoms with Crippen LogP contribution in [0.3, 0.4) is 0 Å². The Morgan fingerprint density at radius 1 is 1.32 bits per heavy atom. The number of ether oxygens (including phenoxy) is 1. The van der Waals surface area contributed by atoms with E-state index >= 15 is 0 Å². The molecule has 0 aliphatic heterocycles. The Morgan fingerprint density at radius 3 is 2.74 bits per heavy atom. The maximum Gasteiger partial charge on any atom is 0.138 e. The largest absolute Gasteiger partial charge is 0.494 e. The van der Waals surface area contributed by atoms with E-state index in [1.807, 2.05) is 49.1 Å². The smallest absolute Gasteiger partial charge is 0.138 e. The summed E-state index contributed by atoms with van der Waals surface area (Å²) in [6.07, 6.45) is 3.37. The highest BCUT2D eigenvalue weighted by molar-refractivity contribution is 5.20. The maximum absolute atomic E-state index is 5.70. The lowest BCUT2D eigenvalue weighted by Crippen LogP contribution is -2.30. The van der Waals surface area contributed by atoms with E-state index in [-0.39, 0.29) is 0 Å². The Balaban J connectivity index is 1.78. The minimum absolute atomic E-state index is 0.339. The summed E-state index contributed by atoms with van der Waals surface area (Å²) in [7, 11) is 3.87. The van der Waals surface area contributed by atoms with Crippen LogP contribution >= 0.6 is 0 Å². The highest BCUT2D eigenvalue weighted by Crippen LogP contribution is 2.09. The molecule has 2 aromatic rings. The van der Waals surface area contributed by atoms with Gasteiger partial charge in [0.25, 0.3) is 0 Å². The summed E-state index contributed by atoms with van der Waals surface area (Å²) in [5, 5.41) is 7.37. The van der Waals surface area contributed by atoms with Crippen LogP contribution in [-0.4, -0.2) is 34.5 Å². The molecule has 1 aromatic heterocycles. The quantitative estimate of drug-likeness (QED) is 0.818. The SMILES string of the molecule is CNC(CCOc1ccccc1)Cc1ncnn1C. The van der Waals surface area contributed by atoms with Crippen LogP contribution in [0.25, 0.3) is 0 Å². The Morgan fingerprint density at radius 2 is 2.11 bits per heavy atom. The molecule has 102 valence electrons. The van der Waals surface area contributed by atoms with Crippen LogP contribution in [0, 0.1) is 0 Å². The van der Waals surface area contributed by atoms with Crippen molar-refractivity contribution >= 4 is 0 Å². The van der Waals surface area contributed by atoms with Crippen LogP contribution in [-0.2, 0) is 13.5 Å². The van der Waals surface area contributed by atoms with Crippen molar-refractivity contribution in [3.63, 3.8) is 0 Å². The number of para-hydroxylation sites is 1. The summed E-state index contributed by atoms with van der Waals surface area (Å²) in [6.45, 7) is 0.688. The fourth-order valence-corrected chi connectivity index (χ4v) is 1.91. The van der Waals surface area contributed by atoms with Gasteiger partial charge in [-0.1, -0.05) is 18.2 Å². The molecule has 1 N–H and O–H groups in total. The van der Waals surface area contributed by atoms with Gasteiger partial charge in [0.05, 0.1) is 6.61 Å². The first-order valence-corrected chi connectivity index (χ1v) is 6.47.